The Morgan fingerprint density at radius 3 is 2.79 bits per heavy atom. The van der Waals surface area contributed by atoms with E-state index in [0.717, 1.165) is 30.9 Å². The van der Waals surface area contributed by atoms with Crippen molar-refractivity contribution >= 4 is 39.6 Å². The largest absolute Gasteiger partial charge is 0.323 e. The molecule has 0 spiro atoms. The van der Waals surface area contributed by atoms with Crippen molar-refractivity contribution < 1.29 is 9.18 Å². The lowest BCUT2D eigenvalue weighted by Crippen LogP contribution is -2.34. The zero-order valence-corrected chi connectivity index (χ0v) is 17.7. The summed E-state index contributed by atoms with van der Waals surface area (Å²) in [5, 5.41) is 15.9. The number of nitrogens with zero attached hydrogens (tertiary/aromatic N) is 1. The van der Waals surface area contributed by atoms with Crippen LogP contribution in [0.2, 0.25) is 0 Å². The molecular weight excluding hydrogens is 393 g/mol. The van der Waals surface area contributed by atoms with E-state index in [-0.39, 0.29) is 16.1 Å². The van der Waals surface area contributed by atoms with Crippen LogP contribution < -0.4 is 10.6 Å². The standard InChI is InChI=1S/C21H22FN3OS2/c1-21(2,3)13-7-8-15-16(11-23)19(28-17(15)10-13)25-20(27)24-18(26)12-5-4-6-14(22)9-12/h4-6,9,13H,7-8,10H2,1-3H3,(H2,24,25,26,27). The maximum Gasteiger partial charge on any atom is 0.257 e. The molecule has 1 amide bonds. The van der Waals surface area contributed by atoms with Gasteiger partial charge in [0.05, 0.1) is 5.56 Å². The van der Waals surface area contributed by atoms with Gasteiger partial charge in [-0.05, 0) is 66.6 Å². The second kappa shape index (κ2) is 7.98. The van der Waals surface area contributed by atoms with Crippen LogP contribution in [0.25, 0.3) is 0 Å². The number of anilines is 1. The summed E-state index contributed by atoms with van der Waals surface area (Å²) in [6.45, 7) is 6.74. The van der Waals surface area contributed by atoms with Gasteiger partial charge >= 0.3 is 0 Å². The Labute approximate surface area is 173 Å². The number of rotatable bonds is 2. The Morgan fingerprint density at radius 2 is 2.14 bits per heavy atom. The van der Waals surface area contributed by atoms with Crippen molar-refractivity contribution in [2.24, 2.45) is 11.3 Å². The van der Waals surface area contributed by atoms with Crippen molar-refractivity contribution in [1.82, 2.24) is 5.32 Å². The molecule has 0 radical (unpaired) electrons. The van der Waals surface area contributed by atoms with E-state index in [1.54, 1.807) is 0 Å². The predicted octanol–water partition coefficient (Wildman–Crippen LogP) is 5.04. The number of nitriles is 1. The fraction of sp³-hybridized carbons (Fsp3) is 0.381. The van der Waals surface area contributed by atoms with Crippen LogP contribution in [0.15, 0.2) is 24.3 Å². The summed E-state index contributed by atoms with van der Waals surface area (Å²) < 4.78 is 13.3. The lowest BCUT2D eigenvalue weighted by Gasteiger charge is -2.33. The van der Waals surface area contributed by atoms with Gasteiger partial charge in [-0.2, -0.15) is 5.26 Å². The van der Waals surface area contributed by atoms with Gasteiger partial charge in [0.1, 0.15) is 16.9 Å². The molecule has 1 aromatic heterocycles. The van der Waals surface area contributed by atoms with Gasteiger partial charge in [-0.3, -0.25) is 10.1 Å². The molecule has 1 aliphatic carbocycles. The highest BCUT2D eigenvalue weighted by atomic mass is 32.1. The van der Waals surface area contributed by atoms with Crippen LogP contribution in [0, 0.1) is 28.5 Å². The van der Waals surface area contributed by atoms with Gasteiger partial charge in [-0.25, -0.2) is 4.39 Å². The number of hydrogen-bond donors (Lipinski definition) is 2. The summed E-state index contributed by atoms with van der Waals surface area (Å²) in [6, 6.07) is 7.68. The topological polar surface area (TPSA) is 64.9 Å². The van der Waals surface area contributed by atoms with E-state index < -0.39 is 11.7 Å². The number of halogens is 1. The average Bonchev–Trinajstić information content (AvgIpc) is 2.96. The van der Waals surface area contributed by atoms with Crippen LogP contribution >= 0.6 is 23.6 Å². The van der Waals surface area contributed by atoms with Gasteiger partial charge in [0, 0.05) is 10.4 Å². The molecule has 0 saturated carbocycles. The third-order valence-electron chi connectivity index (χ3n) is 5.14. The fourth-order valence-electron chi connectivity index (χ4n) is 3.47. The van der Waals surface area contributed by atoms with Crippen molar-refractivity contribution in [2.75, 3.05) is 5.32 Å². The van der Waals surface area contributed by atoms with Crippen molar-refractivity contribution in [3.05, 3.63) is 51.7 Å². The molecule has 7 heteroatoms. The zero-order valence-electron chi connectivity index (χ0n) is 16.1. The van der Waals surface area contributed by atoms with E-state index in [1.165, 1.54) is 34.4 Å². The van der Waals surface area contributed by atoms with Gasteiger partial charge in [0.25, 0.3) is 5.91 Å². The maximum absolute atomic E-state index is 13.3. The van der Waals surface area contributed by atoms with Crippen molar-refractivity contribution in [2.45, 2.75) is 40.0 Å². The van der Waals surface area contributed by atoms with Crippen LogP contribution in [-0.4, -0.2) is 11.0 Å². The molecule has 2 aromatic rings. The first-order valence-corrected chi connectivity index (χ1v) is 10.3. The lowest BCUT2D eigenvalue weighted by molar-refractivity contribution is 0.0977. The number of carbonyl (C=O) groups is 1. The minimum Gasteiger partial charge on any atom is -0.323 e. The Hall–Kier alpha value is -2.30. The second-order valence-corrected chi connectivity index (χ2v) is 9.56. The number of fused-ring (bicyclic) bond motifs is 1. The first kappa shape index (κ1) is 20.4. The molecular formula is C21H22FN3OS2. The molecule has 28 heavy (non-hydrogen) atoms. The Morgan fingerprint density at radius 1 is 1.39 bits per heavy atom. The van der Waals surface area contributed by atoms with Crippen LogP contribution in [-0.2, 0) is 12.8 Å². The number of hydrogen-bond acceptors (Lipinski definition) is 4. The van der Waals surface area contributed by atoms with Gasteiger partial charge < -0.3 is 5.32 Å². The quantitative estimate of drug-likeness (QED) is 0.675. The molecule has 4 nitrogen and oxygen atoms in total. The third kappa shape index (κ3) is 4.40. The second-order valence-electron chi connectivity index (χ2n) is 8.04. The molecule has 0 aliphatic heterocycles. The first-order chi connectivity index (χ1) is 13.2. The zero-order chi connectivity index (χ0) is 20.5. The van der Waals surface area contributed by atoms with Crippen LogP contribution in [0.4, 0.5) is 9.39 Å². The van der Waals surface area contributed by atoms with E-state index in [2.05, 4.69) is 37.5 Å². The summed E-state index contributed by atoms with van der Waals surface area (Å²) in [4.78, 5) is 13.4. The predicted molar refractivity (Wildman–Crippen MR) is 114 cm³/mol. The normalized spacial score (nSPS) is 16.0. The monoisotopic (exact) mass is 415 g/mol. The Balaban J connectivity index is 1.74. The maximum atomic E-state index is 13.3. The number of thiocarbonyl (C=S) groups is 1. The highest BCUT2D eigenvalue weighted by Gasteiger charge is 2.32. The minimum absolute atomic E-state index is 0.0942. The molecule has 1 unspecified atom stereocenters. The van der Waals surface area contributed by atoms with Crippen molar-refractivity contribution in [3.8, 4) is 6.07 Å². The molecule has 1 heterocycles. The third-order valence-corrected chi connectivity index (χ3v) is 6.52. The van der Waals surface area contributed by atoms with E-state index in [1.807, 2.05) is 0 Å². The molecule has 2 N–H and O–H groups in total. The van der Waals surface area contributed by atoms with Crippen LogP contribution in [0.5, 0.6) is 0 Å². The number of amides is 1. The number of thiophene rings is 1. The molecule has 1 atom stereocenters. The van der Waals surface area contributed by atoms with E-state index in [4.69, 9.17) is 12.2 Å². The number of nitrogens with one attached hydrogen (secondary N) is 2. The lowest BCUT2D eigenvalue weighted by atomic mass is 9.72. The van der Waals surface area contributed by atoms with Crippen LogP contribution in [0.1, 0.15) is 53.6 Å². The summed E-state index contributed by atoms with van der Waals surface area (Å²) in [7, 11) is 0. The molecule has 0 bridgehead atoms. The van der Waals surface area contributed by atoms with Crippen molar-refractivity contribution in [1.29, 1.82) is 5.26 Å². The SMILES string of the molecule is CC(C)(C)C1CCc2c(sc(NC(=S)NC(=O)c3cccc(F)c3)c2C#N)C1. The molecule has 1 aromatic carbocycles. The van der Waals surface area contributed by atoms with Gasteiger partial charge in [-0.1, -0.05) is 26.8 Å². The summed E-state index contributed by atoms with van der Waals surface area (Å²) >= 11 is 6.76. The average molecular weight is 416 g/mol. The molecule has 0 saturated heterocycles. The number of benzene rings is 1. The highest BCUT2D eigenvalue weighted by molar-refractivity contribution is 7.80. The smallest absolute Gasteiger partial charge is 0.257 e. The van der Waals surface area contributed by atoms with Gasteiger partial charge in [0.2, 0.25) is 0 Å². The molecule has 3 rings (SSSR count). The summed E-state index contributed by atoms with van der Waals surface area (Å²) in [5.74, 6) is -0.417. The Kier molecular flexibility index (Phi) is 5.82. The van der Waals surface area contributed by atoms with Crippen LogP contribution in [0.3, 0.4) is 0 Å². The molecule has 1 aliphatic rings. The fourth-order valence-corrected chi connectivity index (χ4v) is 5.01. The molecule has 146 valence electrons. The van der Waals surface area contributed by atoms with Gasteiger partial charge in [0.15, 0.2) is 5.11 Å². The summed E-state index contributed by atoms with van der Waals surface area (Å²) in [6.07, 6.45) is 2.88. The minimum atomic E-state index is -0.496. The highest BCUT2D eigenvalue weighted by Crippen LogP contribution is 2.43. The van der Waals surface area contributed by atoms with Gasteiger partial charge in [-0.15, -0.1) is 11.3 Å². The van der Waals surface area contributed by atoms with E-state index in [0.29, 0.717) is 16.5 Å². The number of carbonyl (C=O) groups excluding carboxylic acids is 1. The molecule has 0 fully saturated rings. The first-order valence-electron chi connectivity index (χ1n) is 9.11. The van der Waals surface area contributed by atoms with E-state index >= 15 is 0 Å². The summed E-state index contributed by atoms with van der Waals surface area (Å²) in [5.41, 5.74) is 2.10. The van der Waals surface area contributed by atoms with E-state index in [9.17, 15) is 14.4 Å². The van der Waals surface area contributed by atoms with Crippen molar-refractivity contribution in [3.63, 3.8) is 0 Å². The Bertz CT molecular complexity index is 969.